The fraction of sp³-hybridized carbons (Fsp3) is 0.158. The lowest BCUT2D eigenvalue weighted by molar-refractivity contribution is -0.384. The number of nitro groups is 1. The number of nitrogens with one attached hydrogen (secondary N) is 3. The number of non-ortho nitro benzene ring substituents is 1. The van der Waals surface area contributed by atoms with Gasteiger partial charge in [0.2, 0.25) is 5.91 Å². The first-order valence-corrected chi connectivity index (χ1v) is 8.63. The molecule has 3 N–H and O–H groups in total. The summed E-state index contributed by atoms with van der Waals surface area (Å²) in [6.45, 7) is -0.417. The molecule has 0 aliphatic heterocycles. The first kappa shape index (κ1) is 21.8. The van der Waals surface area contributed by atoms with Gasteiger partial charge in [0.05, 0.1) is 10.5 Å². The van der Waals surface area contributed by atoms with E-state index in [-0.39, 0.29) is 35.5 Å². The highest BCUT2D eigenvalue weighted by Crippen LogP contribution is 2.16. The van der Waals surface area contributed by atoms with Gasteiger partial charge in [0.25, 0.3) is 17.5 Å². The monoisotopic (exact) mass is 411 g/mol. The van der Waals surface area contributed by atoms with Gasteiger partial charge in [-0.15, -0.1) is 0 Å². The van der Waals surface area contributed by atoms with Crippen molar-refractivity contribution >= 4 is 23.4 Å². The standard InChI is InChI=1S/C19H17N5O6/c20-11-14-3-1-2-4-16(14)30-12-18(26)23-22-17(25)9-10-21-19(27)13-5-7-15(8-6-13)24(28)29/h1-8H,9-10,12H2,(H,21,27)(H,22,25)(H,23,26). The molecule has 2 aromatic rings. The van der Waals surface area contributed by atoms with Gasteiger partial charge in [-0.05, 0) is 24.3 Å². The first-order chi connectivity index (χ1) is 14.4. The Morgan fingerprint density at radius 2 is 1.70 bits per heavy atom. The molecule has 0 unspecified atom stereocenters. The fourth-order valence-electron chi connectivity index (χ4n) is 2.19. The van der Waals surface area contributed by atoms with E-state index < -0.39 is 29.3 Å². The Morgan fingerprint density at radius 1 is 1.03 bits per heavy atom. The van der Waals surface area contributed by atoms with Crippen LogP contribution in [0.4, 0.5) is 5.69 Å². The van der Waals surface area contributed by atoms with Gasteiger partial charge in [0.15, 0.2) is 6.61 Å². The van der Waals surface area contributed by atoms with Crippen molar-refractivity contribution in [2.24, 2.45) is 0 Å². The molecule has 2 rings (SSSR count). The second-order valence-electron chi connectivity index (χ2n) is 5.80. The van der Waals surface area contributed by atoms with Crippen LogP contribution in [0.3, 0.4) is 0 Å². The van der Waals surface area contributed by atoms with E-state index in [2.05, 4.69) is 16.2 Å². The highest BCUT2D eigenvalue weighted by molar-refractivity contribution is 5.94. The summed E-state index contributed by atoms with van der Waals surface area (Å²) in [4.78, 5) is 45.4. The summed E-state index contributed by atoms with van der Waals surface area (Å²) in [5.41, 5.74) is 4.68. The predicted octanol–water partition coefficient (Wildman–Crippen LogP) is 0.813. The van der Waals surface area contributed by atoms with Crippen LogP contribution in [0.1, 0.15) is 22.3 Å². The summed E-state index contributed by atoms with van der Waals surface area (Å²) < 4.78 is 5.22. The number of para-hydroxylation sites is 1. The third kappa shape index (κ3) is 6.61. The molecule has 2 aromatic carbocycles. The topological polar surface area (TPSA) is 163 Å². The number of carbonyl (C=O) groups excluding carboxylic acids is 3. The van der Waals surface area contributed by atoms with E-state index in [0.29, 0.717) is 0 Å². The summed E-state index contributed by atoms with van der Waals surface area (Å²) in [6, 6.07) is 13.3. The summed E-state index contributed by atoms with van der Waals surface area (Å²) in [6.07, 6.45) is -0.114. The van der Waals surface area contributed by atoms with Crippen LogP contribution in [0.5, 0.6) is 5.75 Å². The highest BCUT2D eigenvalue weighted by Gasteiger charge is 2.11. The van der Waals surface area contributed by atoms with Crippen LogP contribution in [0, 0.1) is 21.4 Å². The Kier molecular flexibility index (Phi) is 7.84. The molecular formula is C19H17N5O6. The van der Waals surface area contributed by atoms with Gasteiger partial charge in [-0.3, -0.25) is 35.3 Å². The Morgan fingerprint density at radius 3 is 2.37 bits per heavy atom. The highest BCUT2D eigenvalue weighted by atomic mass is 16.6. The van der Waals surface area contributed by atoms with E-state index >= 15 is 0 Å². The lowest BCUT2D eigenvalue weighted by Crippen LogP contribution is -2.44. The quantitative estimate of drug-likeness (QED) is 0.427. The number of nitriles is 1. The summed E-state index contributed by atoms with van der Waals surface area (Å²) >= 11 is 0. The first-order valence-electron chi connectivity index (χ1n) is 8.63. The molecule has 11 heteroatoms. The molecule has 0 saturated heterocycles. The third-order valence-electron chi connectivity index (χ3n) is 3.69. The Hall–Kier alpha value is -4.46. The van der Waals surface area contributed by atoms with E-state index in [9.17, 15) is 24.5 Å². The number of benzene rings is 2. The number of hydrogen-bond donors (Lipinski definition) is 3. The van der Waals surface area contributed by atoms with Gasteiger partial charge >= 0.3 is 0 Å². The number of hydrogen-bond acceptors (Lipinski definition) is 7. The Balaban J connectivity index is 1.67. The molecule has 0 fully saturated rings. The number of ether oxygens (including phenoxy) is 1. The molecule has 0 radical (unpaired) electrons. The number of hydrazine groups is 1. The number of rotatable bonds is 8. The average molecular weight is 411 g/mol. The second-order valence-corrected chi connectivity index (χ2v) is 5.80. The molecule has 154 valence electrons. The lowest BCUT2D eigenvalue weighted by Gasteiger charge is -2.10. The molecule has 0 atom stereocenters. The summed E-state index contributed by atoms with van der Waals surface area (Å²) in [5, 5.41) is 22.0. The van der Waals surface area contributed by atoms with Crippen LogP contribution in [-0.2, 0) is 9.59 Å². The van der Waals surface area contributed by atoms with Crippen LogP contribution in [-0.4, -0.2) is 35.8 Å². The molecule has 30 heavy (non-hydrogen) atoms. The van der Waals surface area contributed by atoms with Crippen molar-refractivity contribution in [3.63, 3.8) is 0 Å². The van der Waals surface area contributed by atoms with Gasteiger partial charge < -0.3 is 10.1 Å². The van der Waals surface area contributed by atoms with E-state index in [0.717, 1.165) is 0 Å². The number of nitro benzene ring substituents is 1. The smallest absolute Gasteiger partial charge is 0.276 e. The van der Waals surface area contributed by atoms with E-state index in [4.69, 9.17) is 10.00 Å². The minimum absolute atomic E-state index is 0.0103. The molecule has 0 aliphatic carbocycles. The largest absolute Gasteiger partial charge is 0.482 e. The average Bonchev–Trinajstić information content (AvgIpc) is 2.76. The summed E-state index contributed by atoms with van der Waals surface area (Å²) in [7, 11) is 0. The van der Waals surface area contributed by atoms with Gasteiger partial charge in [-0.2, -0.15) is 5.26 Å². The molecule has 0 spiro atoms. The van der Waals surface area contributed by atoms with E-state index in [1.54, 1.807) is 18.2 Å². The van der Waals surface area contributed by atoms with Crippen molar-refractivity contribution in [2.45, 2.75) is 6.42 Å². The number of amides is 3. The molecular weight excluding hydrogens is 394 g/mol. The minimum Gasteiger partial charge on any atom is -0.482 e. The van der Waals surface area contributed by atoms with E-state index in [1.807, 2.05) is 6.07 Å². The minimum atomic E-state index is -0.633. The van der Waals surface area contributed by atoms with Crippen LogP contribution in [0.25, 0.3) is 0 Å². The zero-order valence-electron chi connectivity index (χ0n) is 15.6. The maximum absolute atomic E-state index is 11.9. The van der Waals surface area contributed by atoms with Crippen LogP contribution >= 0.6 is 0 Å². The molecule has 3 amide bonds. The zero-order valence-corrected chi connectivity index (χ0v) is 15.6. The van der Waals surface area contributed by atoms with Gasteiger partial charge in [0.1, 0.15) is 11.8 Å². The summed E-state index contributed by atoms with van der Waals surface area (Å²) in [5.74, 6) is -1.43. The molecule has 0 bridgehead atoms. The van der Waals surface area contributed by atoms with Crippen LogP contribution in [0.2, 0.25) is 0 Å². The predicted molar refractivity (Wildman–Crippen MR) is 103 cm³/mol. The van der Waals surface area contributed by atoms with Crippen molar-refractivity contribution in [1.82, 2.24) is 16.2 Å². The Bertz CT molecular complexity index is 984. The zero-order chi connectivity index (χ0) is 21.9. The second kappa shape index (κ2) is 10.8. The van der Waals surface area contributed by atoms with Crippen molar-refractivity contribution in [3.05, 3.63) is 69.8 Å². The van der Waals surface area contributed by atoms with Gasteiger partial charge in [0, 0.05) is 30.7 Å². The number of nitrogens with zero attached hydrogens (tertiary/aromatic N) is 2. The van der Waals surface area contributed by atoms with Crippen LogP contribution < -0.4 is 20.9 Å². The maximum atomic E-state index is 11.9. The molecule has 11 nitrogen and oxygen atoms in total. The molecule has 0 saturated carbocycles. The molecule has 0 aliphatic rings. The molecule has 0 aromatic heterocycles. The molecule has 0 heterocycles. The third-order valence-corrected chi connectivity index (χ3v) is 3.69. The number of carbonyl (C=O) groups is 3. The van der Waals surface area contributed by atoms with Crippen molar-refractivity contribution < 1.29 is 24.0 Å². The SMILES string of the molecule is N#Cc1ccccc1OCC(=O)NNC(=O)CCNC(=O)c1ccc([N+](=O)[O-])cc1. The fourth-order valence-corrected chi connectivity index (χ4v) is 2.19. The lowest BCUT2D eigenvalue weighted by atomic mass is 10.2. The normalized spacial score (nSPS) is 9.70. The van der Waals surface area contributed by atoms with Crippen molar-refractivity contribution in [1.29, 1.82) is 5.26 Å². The van der Waals surface area contributed by atoms with Crippen molar-refractivity contribution in [3.8, 4) is 11.8 Å². The van der Waals surface area contributed by atoms with E-state index in [1.165, 1.54) is 30.3 Å². The van der Waals surface area contributed by atoms with Crippen molar-refractivity contribution in [2.75, 3.05) is 13.2 Å². The van der Waals surface area contributed by atoms with Gasteiger partial charge in [-0.1, -0.05) is 12.1 Å². The van der Waals surface area contributed by atoms with Crippen LogP contribution in [0.15, 0.2) is 48.5 Å². The maximum Gasteiger partial charge on any atom is 0.276 e. The van der Waals surface area contributed by atoms with Gasteiger partial charge in [-0.25, -0.2) is 0 Å². The Labute approximate surface area is 170 Å².